The van der Waals surface area contributed by atoms with E-state index in [4.69, 9.17) is 10.5 Å². The largest absolute Gasteiger partial charge is 0.444 e. The maximum absolute atomic E-state index is 13.4. The summed E-state index contributed by atoms with van der Waals surface area (Å²) in [6.45, 7) is 5.10. The molecule has 108 valence electrons. The van der Waals surface area contributed by atoms with Crippen molar-refractivity contribution in [2.75, 3.05) is 12.3 Å². The number of anilines is 1. The van der Waals surface area contributed by atoms with E-state index in [2.05, 4.69) is 17.2 Å². The molecule has 0 aliphatic rings. The van der Waals surface area contributed by atoms with Crippen molar-refractivity contribution in [3.63, 3.8) is 0 Å². The van der Waals surface area contributed by atoms with Gasteiger partial charge in [-0.3, -0.25) is 0 Å². The van der Waals surface area contributed by atoms with Crippen LogP contribution in [0, 0.1) is 23.5 Å². The average Bonchev–Trinajstić information content (AvgIpc) is 2.31. The van der Waals surface area contributed by atoms with E-state index in [9.17, 15) is 13.6 Å². The number of hydrogen-bond acceptors (Lipinski definition) is 3. The van der Waals surface area contributed by atoms with Gasteiger partial charge in [0.05, 0.1) is 17.8 Å². The van der Waals surface area contributed by atoms with Gasteiger partial charge in [0.25, 0.3) is 0 Å². The van der Waals surface area contributed by atoms with Crippen LogP contribution in [-0.2, 0) is 4.74 Å². The molecule has 4 nitrogen and oxygen atoms in total. The Kier molecular flexibility index (Phi) is 4.92. The van der Waals surface area contributed by atoms with Gasteiger partial charge in [-0.15, -0.1) is 0 Å². The summed E-state index contributed by atoms with van der Waals surface area (Å²) >= 11 is 0. The molecule has 6 heteroatoms. The first kappa shape index (κ1) is 15.8. The van der Waals surface area contributed by atoms with Crippen LogP contribution in [0.1, 0.15) is 26.3 Å². The number of nitrogens with one attached hydrogen (secondary N) is 1. The topological polar surface area (TPSA) is 64.3 Å². The van der Waals surface area contributed by atoms with Crippen molar-refractivity contribution in [1.82, 2.24) is 5.32 Å². The van der Waals surface area contributed by atoms with E-state index in [0.29, 0.717) is 0 Å². The van der Waals surface area contributed by atoms with Gasteiger partial charge in [-0.05, 0) is 32.9 Å². The molecule has 1 aromatic carbocycles. The number of ether oxygens (including phenoxy) is 1. The van der Waals surface area contributed by atoms with Crippen LogP contribution in [0.4, 0.5) is 19.3 Å². The summed E-state index contributed by atoms with van der Waals surface area (Å²) in [5.74, 6) is 2.73. The van der Waals surface area contributed by atoms with E-state index in [1.165, 1.54) is 6.07 Å². The molecule has 0 atom stereocenters. The molecule has 1 amide bonds. The average molecular weight is 282 g/mol. The molecule has 0 unspecified atom stereocenters. The molecular formula is C14H16F2N2O2. The number of carbonyl (C=O) groups excluding carboxylic acids is 1. The molecule has 0 spiro atoms. The number of nitrogens with two attached hydrogens (primary N) is 1. The van der Waals surface area contributed by atoms with Gasteiger partial charge in [-0.2, -0.15) is 0 Å². The molecule has 0 radical (unpaired) electrons. The van der Waals surface area contributed by atoms with Crippen LogP contribution in [0.2, 0.25) is 0 Å². The smallest absolute Gasteiger partial charge is 0.408 e. The lowest BCUT2D eigenvalue weighted by molar-refractivity contribution is 0.0535. The van der Waals surface area contributed by atoms with Crippen molar-refractivity contribution in [2.24, 2.45) is 0 Å². The highest BCUT2D eigenvalue weighted by atomic mass is 19.2. The van der Waals surface area contributed by atoms with E-state index in [1.54, 1.807) is 20.8 Å². The van der Waals surface area contributed by atoms with E-state index < -0.39 is 23.3 Å². The predicted molar refractivity (Wildman–Crippen MR) is 71.9 cm³/mol. The molecule has 1 rings (SSSR count). The second-order valence-electron chi connectivity index (χ2n) is 4.98. The van der Waals surface area contributed by atoms with Gasteiger partial charge in [0.2, 0.25) is 0 Å². The van der Waals surface area contributed by atoms with Crippen molar-refractivity contribution in [3.8, 4) is 11.8 Å². The second-order valence-corrected chi connectivity index (χ2v) is 4.98. The van der Waals surface area contributed by atoms with E-state index >= 15 is 0 Å². The summed E-state index contributed by atoms with van der Waals surface area (Å²) < 4.78 is 31.4. The van der Waals surface area contributed by atoms with Crippen LogP contribution in [0.25, 0.3) is 0 Å². The molecule has 3 N–H and O–H groups in total. The first-order valence-electron chi connectivity index (χ1n) is 5.90. The Morgan fingerprint density at radius 2 is 2.05 bits per heavy atom. The minimum atomic E-state index is -1.10. The van der Waals surface area contributed by atoms with Crippen LogP contribution < -0.4 is 11.1 Å². The summed E-state index contributed by atoms with van der Waals surface area (Å²) in [6.07, 6.45) is -0.639. The Hall–Kier alpha value is -2.29. The molecular weight excluding hydrogens is 266 g/mol. The molecule has 0 heterocycles. The lowest BCUT2D eigenvalue weighted by Gasteiger charge is -2.19. The third-order valence-corrected chi connectivity index (χ3v) is 2.06. The Bertz CT molecular complexity index is 569. The summed E-state index contributed by atoms with van der Waals surface area (Å²) in [5.41, 5.74) is 4.69. The molecule has 0 aliphatic heterocycles. The van der Waals surface area contributed by atoms with Crippen molar-refractivity contribution in [2.45, 2.75) is 26.4 Å². The van der Waals surface area contributed by atoms with Gasteiger partial charge in [0, 0.05) is 0 Å². The van der Waals surface area contributed by atoms with Gasteiger partial charge in [-0.25, -0.2) is 13.6 Å². The minimum absolute atomic E-state index is 0.0358. The zero-order chi connectivity index (χ0) is 15.3. The van der Waals surface area contributed by atoms with E-state index in [1.807, 2.05) is 0 Å². The zero-order valence-electron chi connectivity index (χ0n) is 11.5. The maximum atomic E-state index is 13.4. The maximum Gasteiger partial charge on any atom is 0.408 e. The Morgan fingerprint density at radius 3 is 2.65 bits per heavy atom. The van der Waals surface area contributed by atoms with Gasteiger partial charge in [0.1, 0.15) is 5.60 Å². The highest BCUT2D eigenvalue weighted by Gasteiger charge is 2.15. The number of halogens is 2. The number of nitrogen functional groups attached to an aromatic ring is 1. The summed E-state index contributed by atoms with van der Waals surface area (Å²) in [7, 11) is 0. The molecule has 1 aromatic rings. The first-order chi connectivity index (χ1) is 9.20. The van der Waals surface area contributed by atoms with Crippen LogP contribution in [0.15, 0.2) is 12.1 Å². The Balaban J connectivity index is 2.65. The van der Waals surface area contributed by atoms with Crippen LogP contribution >= 0.6 is 0 Å². The Morgan fingerprint density at radius 1 is 1.40 bits per heavy atom. The minimum Gasteiger partial charge on any atom is -0.444 e. The highest BCUT2D eigenvalue weighted by molar-refractivity contribution is 5.68. The fraction of sp³-hybridized carbons (Fsp3) is 0.357. The van der Waals surface area contributed by atoms with Gasteiger partial charge < -0.3 is 15.8 Å². The molecule has 0 saturated heterocycles. The third kappa shape index (κ3) is 4.76. The number of rotatable bonds is 1. The van der Waals surface area contributed by atoms with Gasteiger partial charge in [-0.1, -0.05) is 11.8 Å². The fourth-order valence-corrected chi connectivity index (χ4v) is 1.26. The SMILES string of the molecule is CC(C)(C)OC(=O)NCC#Cc1c(N)ccc(F)c1F. The summed E-state index contributed by atoms with van der Waals surface area (Å²) in [5, 5.41) is 2.37. The lowest BCUT2D eigenvalue weighted by Crippen LogP contribution is -2.32. The molecule has 0 fully saturated rings. The van der Waals surface area contributed by atoms with Crippen LogP contribution in [-0.4, -0.2) is 18.2 Å². The van der Waals surface area contributed by atoms with Gasteiger partial charge in [0.15, 0.2) is 11.6 Å². The second kappa shape index (κ2) is 6.24. The number of hydrogen-bond donors (Lipinski definition) is 2. The molecule has 0 bridgehead atoms. The standard InChI is InChI=1S/C14H16F2N2O2/c1-14(2,3)20-13(19)18-8-4-5-9-11(17)7-6-10(15)12(9)16/h6-7H,8,17H2,1-3H3,(H,18,19). The monoisotopic (exact) mass is 282 g/mol. The fourth-order valence-electron chi connectivity index (χ4n) is 1.26. The van der Waals surface area contributed by atoms with E-state index in [-0.39, 0.29) is 17.8 Å². The first-order valence-corrected chi connectivity index (χ1v) is 5.90. The molecule has 0 saturated carbocycles. The summed E-state index contributed by atoms with van der Waals surface area (Å²) in [6, 6.07) is 2.15. The van der Waals surface area contributed by atoms with Crippen LogP contribution in [0.3, 0.4) is 0 Å². The quantitative estimate of drug-likeness (QED) is 0.614. The van der Waals surface area contributed by atoms with Crippen molar-refractivity contribution >= 4 is 11.8 Å². The number of amides is 1. The van der Waals surface area contributed by atoms with Crippen LogP contribution in [0.5, 0.6) is 0 Å². The molecule has 20 heavy (non-hydrogen) atoms. The number of alkyl carbamates (subject to hydrolysis) is 1. The lowest BCUT2D eigenvalue weighted by atomic mass is 10.1. The molecule has 0 aliphatic carbocycles. The normalized spacial score (nSPS) is 10.4. The zero-order valence-corrected chi connectivity index (χ0v) is 11.5. The van der Waals surface area contributed by atoms with Gasteiger partial charge >= 0.3 is 6.09 Å². The predicted octanol–water partition coefficient (Wildman–Crippen LogP) is 2.42. The Labute approximate surface area is 116 Å². The number of carbonyl (C=O) groups is 1. The van der Waals surface area contributed by atoms with Crippen molar-refractivity contribution in [1.29, 1.82) is 0 Å². The van der Waals surface area contributed by atoms with E-state index in [0.717, 1.165) is 6.07 Å². The number of benzene rings is 1. The van der Waals surface area contributed by atoms with Crippen molar-refractivity contribution < 1.29 is 18.3 Å². The van der Waals surface area contributed by atoms with Crippen molar-refractivity contribution in [3.05, 3.63) is 29.3 Å². The summed E-state index contributed by atoms with van der Waals surface area (Å²) in [4.78, 5) is 11.3. The highest BCUT2D eigenvalue weighted by Crippen LogP contribution is 2.17. The molecule has 0 aromatic heterocycles. The third-order valence-electron chi connectivity index (χ3n) is 2.06.